The third-order valence-electron chi connectivity index (χ3n) is 2.82. The van der Waals surface area contributed by atoms with Crippen LogP contribution in [-0.4, -0.2) is 17.0 Å². The van der Waals surface area contributed by atoms with Gasteiger partial charge >= 0.3 is 0 Å². The second-order valence-electron chi connectivity index (χ2n) is 4.21. The van der Waals surface area contributed by atoms with Crippen LogP contribution in [0, 0.1) is 5.82 Å². The third kappa shape index (κ3) is 3.01. The van der Waals surface area contributed by atoms with Crippen molar-refractivity contribution in [3.63, 3.8) is 0 Å². The van der Waals surface area contributed by atoms with Gasteiger partial charge in [-0.15, -0.1) is 0 Å². The molecule has 0 amide bonds. The van der Waals surface area contributed by atoms with Gasteiger partial charge in [-0.25, -0.2) is 14.4 Å². The van der Waals surface area contributed by atoms with Crippen LogP contribution < -0.4 is 5.32 Å². The first-order valence-electron chi connectivity index (χ1n) is 6.13. The van der Waals surface area contributed by atoms with Gasteiger partial charge in [-0.05, 0) is 24.6 Å². The number of nitrogens with one attached hydrogen (secondary N) is 1. The van der Waals surface area contributed by atoms with Crippen molar-refractivity contribution in [2.24, 2.45) is 0 Å². The monoisotopic (exact) mass is 279 g/mol. The molecule has 0 bridgehead atoms. The average Bonchev–Trinajstić information content (AvgIpc) is 2.38. The van der Waals surface area contributed by atoms with Crippen molar-refractivity contribution >= 4 is 17.4 Å². The molecule has 0 saturated carbocycles. The Hall–Kier alpha value is -1.68. The predicted octanol–water partition coefficient (Wildman–Crippen LogP) is 3.93. The van der Waals surface area contributed by atoms with E-state index in [4.69, 9.17) is 11.6 Å². The summed E-state index contributed by atoms with van der Waals surface area (Å²) in [7, 11) is 1.81. The predicted molar refractivity (Wildman–Crippen MR) is 76.0 cm³/mol. The van der Waals surface area contributed by atoms with Crippen LogP contribution in [0.3, 0.4) is 0 Å². The molecule has 0 unspecified atom stereocenters. The number of benzene rings is 1. The zero-order valence-corrected chi connectivity index (χ0v) is 11.6. The summed E-state index contributed by atoms with van der Waals surface area (Å²) in [5, 5.41) is 3.40. The maximum absolute atomic E-state index is 13.5. The van der Waals surface area contributed by atoms with E-state index < -0.39 is 0 Å². The molecule has 0 aliphatic carbocycles. The topological polar surface area (TPSA) is 37.8 Å². The number of hydrogen-bond donors (Lipinski definition) is 1. The van der Waals surface area contributed by atoms with Crippen LogP contribution >= 0.6 is 11.6 Å². The minimum absolute atomic E-state index is 0.363. The van der Waals surface area contributed by atoms with Crippen LogP contribution in [0.5, 0.6) is 0 Å². The van der Waals surface area contributed by atoms with Crippen molar-refractivity contribution in [2.45, 2.75) is 19.8 Å². The van der Waals surface area contributed by atoms with Gasteiger partial charge in [0, 0.05) is 23.2 Å². The highest BCUT2D eigenvalue weighted by Crippen LogP contribution is 2.29. The van der Waals surface area contributed by atoms with E-state index in [1.807, 2.05) is 7.05 Å². The maximum atomic E-state index is 13.5. The van der Waals surface area contributed by atoms with Crippen LogP contribution in [0.4, 0.5) is 10.2 Å². The second kappa shape index (κ2) is 5.97. The highest BCUT2D eigenvalue weighted by Gasteiger charge is 2.13. The first-order chi connectivity index (χ1) is 9.15. The fraction of sp³-hybridized carbons (Fsp3) is 0.286. The standard InChI is InChI=1S/C14H15ClFN3/c1-3-4-12-13(18-8-19-14(12)17-2)9-5-10(15)7-11(16)6-9/h5-8H,3-4H2,1-2H3,(H,17,18,19). The van der Waals surface area contributed by atoms with E-state index >= 15 is 0 Å². The molecule has 0 aliphatic rings. The quantitative estimate of drug-likeness (QED) is 0.921. The van der Waals surface area contributed by atoms with Gasteiger partial charge < -0.3 is 5.32 Å². The second-order valence-corrected chi connectivity index (χ2v) is 4.64. The molecule has 0 saturated heterocycles. The number of hydrogen-bond acceptors (Lipinski definition) is 3. The zero-order valence-electron chi connectivity index (χ0n) is 10.9. The van der Waals surface area contributed by atoms with E-state index in [2.05, 4.69) is 22.2 Å². The van der Waals surface area contributed by atoms with Crippen molar-refractivity contribution in [3.05, 3.63) is 40.9 Å². The van der Waals surface area contributed by atoms with Crippen LogP contribution in [-0.2, 0) is 6.42 Å². The number of halogens is 2. The summed E-state index contributed by atoms with van der Waals surface area (Å²) in [6.07, 6.45) is 3.25. The molecule has 0 aliphatic heterocycles. The lowest BCUT2D eigenvalue weighted by molar-refractivity contribution is 0.628. The molecule has 0 radical (unpaired) electrons. The number of aromatic nitrogens is 2. The Morgan fingerprint density at radius 3 is 2.68 bits per heavy atom. The molecule has 1 aromatic heterocycles. The van der Waals surface area contributed by atoms with Gasteiger partial charge in [0.15, 0.2) is 0 Å². The molecule has 0 spiro atoms. The SMILES string of the molecule is CCCc1c(NC)ncnc1-c1cc(F)cc(Cl)c1. The van der Waals surface area contributed by atoms with Crippen LogP contribution in [0.2, 0.25) is 5.02 Å². The van der Waals surface area contributed by atoms with Gasteiger partial charge in [0.1, 0.15) is 18.0 Å². The van der Waals surface area contributed by atoms with Gasteiger partial charge in [-0.2, -0.15) is 0 Å². The van der Waals surface area contributed by atoms with Crippen molar-refractivity contribution in [2.75, 3.05) is 12.4 Å². The van der Waals surface area contributed by atoms with Crippen molar-refractivity contribution in [3.8, 4) is 11.3 Å². The molecule has 1 heterocycles. The molecular formula is C14H15ClFN3. The molecule has 0 fully saturated rings. The highest BCUT2D eigenvalue weighted by atomic mass is 35.5. The van der Waals surface area contributed by atoms with Gasteiger partial charge in [0.05, 0.1) is 5.69 Å². The summed E-state index contributed by atoms with van der Waals surface area (Å²) < 4.78 is 13.5. The molecule has 3 nitrogen and oxygen atoms in total. The van der Waals surface area contributed by atoms with Gasteiger partial charge in [-0.1, -0.05) is 24.9 Å². The first-order valence-corrected chi connectivity index (χ1v) is 6.51. The van der Waals surface area contributed by atoms with E-state index in [1.165, 1.54) is 18.5 Å². The molecule has 2 aromatic rings. The number of nitrogens with zero attached hydrogens (tertiary/aromatic N) is 2. The normalized spacial score (nSPS) is 10.5. The van der Waals surface area contributed by atoms with Gasteiger partial charge in [0.25, 0.3) is 0 Å². The molecule has 1 aromatic carbocycles. The average molecular weight is 280 g/mol. The van der Waals surface area contributed by atoms with Crippen LogP contribution in [0.25, 0.3) is 11.3 Å². The summed E-state index contributed by atoms with van der Waals surface area (Å²) in [6, 6.07) is 4.43. The highest BCUT2D eigenvalue weighted by molar-refractivity contribution is 6.30. The summed E-state index contributed by atoms with van der Waals surface area (Å²) in [5.41, 5.74) is 2.38. The Kier molecular flexibility index (Phi) is 4.32. The lowest BCUT2D eigenvalue weighted by Crippen LogP contribution is -2.03. The fourth-order valence-electron chi connectivity index (χ4n) is 2.05. The number of anilines is 1. The van der Waals surface area contributed by atoms with E-state index in [0.29, 0.717) is 10.6 Å². The summed E-state index contributed by atoms with van der Waals surface area (Å²) in [4.78, 5) is 8.48. The molecule has 19 heavy (non-hydrogen) atoms. The van der Waals surface area contributed by atoms with Crippen LogP contribution in [0.1, 0.15) is 18.9 Å². The lowest BCUT2D eigenvalue weighted by atomic mass is 10.0. The summed E-state index contributed by atoms with van der Waals surface area (Å²) in [5.74, 6) is 0.404. The van der Waals surface area contributed by atoms with Gasteiger partial charge in [0.2, 0.25) is 0 Å². The Morgan fingerprint density at radius 1 is 1.26 bits per heavy atom. The maximum Gasteiger partial charge on any atom is 0.132 e. The Bertz CT molecular complexity index is 567. The van der Waals surface area contributed by atoms with Gasteiger partial charge in [-0.3, -0.25) is 0 Å². The first kappa shape index (κ1) is 13.7. The van der Waals surface area contributed by atoms with Crippen molar-refractivity contribution in [1.29, 1.82) is 0 Å². The van der Waals surface area contributed by atoms with E-state index in [1.54, 1.807) is 6.07 Å². The summed E-state index contributed by atoms with van der Waals surface area (Å²) in [6.45, 7) is 2.08. The van der Waals surface area contributed by atoms with E-state index in [0.717, 1.165) is 29.9 Å². The third-order valence-corrected chi connectivity index (χ3v) is 3.04. The van der Waals surface area contributed by atoms with Crippen molar-refractivity contribution < 1.29 is 4.39 Å². The Balaban J connectivity index is 2.60. The zero-order chi connectivity index (χ0) is 13.8. The Morgan fingerprint density at radius 2 is 2.05 bits per heavy atom. The molecule has 1 N–H and O–H groups in total. The van der Waals surface area contributed by atoms with E-state index in [9.17, 15) is 4.39 Å². The van der Waals surface area contributed by atoms with Crippen molar-refractivity contribution in [1.82, 2.24) is 9.97 Å². The molecule has 100 valence electrons. The summed E-state index contributed by atoms with van der Waals surface area (Å²) >= 11 is 5.90. The molecular weight excluding hydrogens is 265 g/mol. The van der Waals surface area contributed by atoms with Crippen LogP contribution in [0.15, 0.2) is 24.5 Å². The largest absolute Gasteiger partial charge is 0.373 e. The molecule has 2 rings (SSSR count). The lowest BCUT2D eigenvalue weighted by Gasteiger charge is -2.12. The molecule has 0 atom stereocenters. The fourth-order valence-corrected chi connectivity index (χ4v) is 2.28. The molecule has 5 heteroatoms. The smallest absolute Gasteiger partial charge is 0.132 e. The minimum Gasteiger partial charge on any atom is -0.373 e. The Labute approximate surface area is 116 Å². The minimum atomic E-state index is -0.366. The van der Waals surface area contributed by atoms with E-state index in [-0.39, 0.29) is 5.82 Å². The number of rotatable bonds is 4.